The third-order valence-corrected chi connectivity index (χ3v) is 5.08. The van der Waals surface area contributed by atoms with Gasteiger partial charge in [0.25, 0.3) is 5.91 Å². The molecular weight excluding hydrogens is 427 g/mol. The SMILES string of the molecule is Cc1cccc(NC(=O)c2ccccc2NC(=O)CSc2ccc(C(F)(F)F)cn2)c1. The number of alkyl halides is 3. The van der Waals surface area contributed by atoms with Gasteiger partial charge >= 0.3 is 6.18 Å². The molecule has 2 N–H and O–H groups in total. The average Bonchev–Trinajstić information content (AvgIpc) is 2.72. The standard InChI is InChI=1S/C22H18F3N3O2S/c1-14-5-4-6-16(11-14)27-21(30)17-7-2-3-8-18(17)28-19(29)13-31-20-10-9-15(12-26-20)22(23,24)25/h2-12H,13H2,1H3,(H,27,30)(H,28,29). The number of carbonyl (C=O) groups excluding carboxylic acids is 2. The van der Waals surface area contributed by atoms with E-state index in [1.807, 2.05) is 25.1 Å². The molecule has 0 unspecified atom stereocenters. The largest absolute Gasteiger partial charge is 0.417 e. The van der Waals surface area contributed by atoms with Gasteiger partial charge in [0.1, 0.15) is 0 Å². The van der Waals surface area contributed by atoms with Crippen LogP contribution in [0, 0.1) is 6.92 Å². The Morgan fingerprint density at radius 1 is 1.00 bits per heavy atom. The van der Waals surface area contributed by atoms with E-state index in [1.165, 1.54) is 6.07 Å². The number of benzene rings is 2. The fraction of sp³-hybridized carbons (Fsp3) is 0.136. The van der Waals surface area contributed by atoms with Gasteiger partial charge in [-0.3, -0.25) is 9.59 Å². The van der Waals surface area contributed by atoms with Crippen LogP contribution in [0.15, 0.2) is 71.9 Å². The number of nitrogens with zero attached hydrogens (tertiary/aromatic N) is 1. The summed E-state index contributed by atoms with van der Waals surface area (Å²) < 4.78 is 37.8. The lowest BCUT2D eigenvalue weighted by Crippen LogP contribution is -2.19. The van der Waals surface area contributed by atoms with Crippen molar-refractivity contribution in [3.63, 3.8) is 0 Å². The summed E-state index contributed by atoms with van der Waals surface area (Å²) in [6.45, 7) is 1.91. The van der Waals surface area contributed by atoms with Gasteiger partial charge in [0.05, 0.1) is 27.6 Å². The summed E-state index contributed by atoms with van der Waals surface area (Å²) in [7, 11) is 0. The van der Waals surface area contributed by atoms with E-state index in [0.29, 0.717) is 11.4 Å². The van der Waals surface area contributed by atoms with Crippen LogP contribution in [0.5, 0.6) is 0 Å². The average molecular weight is 445 g/mol. The molecule has 3 aromatic rings. The normalized spacial score (nSPS) is 11.1. The smallest absolute Gasteiger partial charge is 0.325 e. The van der Waals surface area contributed by atoms with Crippen LogP contribution in [-0.2, 0) is 11.0 Å². The minimum absolute atomic E-state index is 0.0772. The number of pyridine rings is 1. The zero-order valence-corrected chi connectivity index (χ0v) is 17.2. The molecule has 0 fully saturated rings. The summed E-state index contributed by atoms with van der Waals surface area (Å²) in [5.41, 5.74) is 1.40. The van der Waals surface area contributed by atoms with Crippen molar-refractivity contribution in [3.05, 3.63) is 83.6 Å². The van der Waals surface area contributed by atoms with Crippen molar-refractivity contribution >= 4 is 35.0 Å². The molecule has 0 saturated carbocycles. The number of para-hydroxylation sites is 1. The van der Waals surface area contributed by atoms with E-state index in [2.05, 4.69) is 15.6 Å². The van der Waals surface area contributed by atoms with Crippen LogP contribution < -0.4 is 10.6 Å². The molecule has 0 saturated heterocycles. The molecule has 9 heteroatoms. The number of amides is 2. The summed E-state index contributed by atoms with van der Waals surface area (Å²) in [5, 5.41) is 5.74. The number of hydrogen-bond acceptors (Lipinski definition) is 4. The monoisotopic (exact) mass is 445 g/mol. The zero-order valence-electron chi connectivity index (χ0n) is 16.4. The van der Waals surface area contributed by atoms with Crippen molar-refractivity contribution < 1.29 is 22.8 Å². The van der Waals surface area contributed by atoms with Crippen LogP contribution in [0.4, 0.5) is 24.5 Å². The van der Waals surface area contributed by atoms with E-state index in [4.69, 9.17) is 0 Å². The maximum Gasteiger partial charge on any atom is 0.417 e. The Labute approximate surface area is 181 Å². The number of aryl methyl sites for hydroxylation is 1. The Bertz CT molecular complexity index is 1090. The molecule has 2 aromatic carbocycles. The molecule has 0 aliphatic heterocycles. The van der Waals surface area contributed by atoms with Gasteiger partial charge in [0, 0.05) is 11.9 Å². The Kier molecular flexibility index (Phi) is 6.96. The number of carbonyl (C=O) groups is 2. The third-order valence-electron chi connectivity index (χ3n) is 4.14. The van der Waals surface area contributed by atoms with Gasteiger partial charge in [0.2, 0.25) is 5.91 Å². The molecule has 0 aliphatic carbocycles. The molecule has 1 heterocycles. The van der Waals surface area contributed by atoms with Crippen molar-refractivity contribution in [3.8, 4) is 0 Å². The minimum Gasteiger partial charge on any atom is -0.325 e. The first-order valence-corrected chi connectivity index (χ1v) is 10.1. The fourth-order valence-corrected chi connectivity index (χ4v) is 3.31. The number of thioether (sulfide) groups is 1. The van der Waals surface area contributed by atoms with Crippen molar-refractivity contribution in [2.75, 3.05) is 16.4 Å². The minimum atomic E-state index is -4.46. The maximum absolute atomic E-state index is 12.7. The van der Waals surface area contributed by atoms with Crippen molar-refractivity contribution in [1.82, 2.24) is 4.98 Å². The molecule has 2 amide bonds. The Morgan fingerprint density at radius 3 is 2.45 bits per heavy atom. The second-order valence-electron chi connectivity index (χ2n) is 6.59. The van der Waals surface area contributed by atoms with Crippen LogP contribution in [0.1, 0.15) is 21.5 Å². The lowest BCUT2D eigenvalue weighted by atomic mass is 10.1. The molecule has 160 valence electrons. The van der Waals surface area contributed by atoms with Crippen LogP contribution >= 0.6 is 11.8 Å². The molecule has 0 aliphatic rings. The molecule has 3 rings (SSSR count). The van der Waals surface area contributed by atoms with Crippen LogP contribution in [-0.4, -0.2) is 22.6 Å². The molecule has 0 radical (unpaired) electrons. The van der Waals surface area contributed by atoms with E-state index >= 15 is 0 Å². The molecule has 0 atom stereocenters. The molecule has 0 bridgehead atoms. The first kappa shape index (κ1) is 22.4. The second kappa shape index (κ2) is 9.65. The van der Waals surface area contributed by atoms with Crippen molar-refractivity contribution in [2.45, 2.75) is 18.1 Å². The third kappa shape index (κ3) is 6.32. The Balaban J connectivity index is 1.62. The number of anilines is 2. The van der Waals surface area contributed by atoms with Gasteiger partial charge in [0.15, 0.2) is 0 Å². The maximum atomic E-state index is 12.7. The van der Waals surface area contributed by atoms with Crippen molar-refractivity contribution in [2.24, 2.45) is 0 Å². The van der Waals surface area contributed by atoms with Crippen molar-refractivity contribution in [1.29, 1.82) is 0 Å². The predicted octanol–water partition coefficient (Wildman–Crippen LogP) is 5.39. The highest BCUT2D eigenvalue weighted by Gasteiger charge is 2.30. The summed E-state index contributed by atoms with van der Waals surface area (Å²) in [4.78, 5) is 28.7. The summed E-state index contributed by atoms with van der Waals surface area (Å²) in [6, 6.07) is 16.0. The molecule has 0 spiro atoms. The highest BCUT2D eigenvalue weighted by atomic mass is 32.2. The highest BCUT2D eigenvalue weighted by molar-refractivity contribution is 7.99. The number of hydrogen-bond donors (Lipinski definition) is 2. The molecular formula is C22H18F3N3O2S. The van der Waals surface area contributed by atoms with E-state index in [1.54, 1.807) is 30.3 Å². The number of halogens is 3. The first-order chi connectivity index (χ1) is 14.7. The molecule has 5 nitrogen and oxygen atoms in total. The highest BCUT2D eigenvalue weighted by Crippen LogP contribution is 2.29. The van der Waals surface area contributed by atoms with Gasteiger partial charge in [-0.25, -0.2) is 4.98 Å². The summed E-state index contributed by atoms with van der Waals surface area (Å²) in [5.74, 6) is -0.868. The van der Waals surface area contributed by atoms with Crippen LogP contribution in [0.2, 0.25) is 0 Å². The predicted molar refractivity (Wildman–Crippen MR) is 114 cm³/mol. The van der Waals surface area contributed by atoms with Gasteiger partial charge in [-0.05, 0) is 48.9 Å². The lowest BCUT2D eigenvalue weighted by Gasteiger charge is -2.12. The first-order valence-electron chi connectivity index (χ1n) is 9.15. The van der Waals surface area contributed by atoms with Gasteiger partial charge in [-0.15, -0.1) is 0 Å². The van der Waals surface area contributed by atoms with E-state index in [-0.39, 0.29) is 22.2 Å². The summed E-state index contributed by atoms with van der Waals surface area (Å²) in [6.07, 6.45) is -3.73. The number of rotatable bonds is 6. The fourth-order valence-electron chi connectivity index (χ4n) is 2.67. The second-order valence-corrected chi connectivity index (χ2v) is 7.58. The topological polar surface area (TPSA) is 71.1 Å². The van der Waals surface area contributed by atoms with Crippen LogP contribution in [0.25, 0.3) is 0 Å². The Morgan fingerprint density at radius 2 is 1.77 bits per heavy atom. The molecule has 31 heavy (non-hydrogen) atoms. The quantitative estimate of drug-likeness (QED) is 0.499. The van der Waals surface area contributed by atoms with E-state index in [9.17, 15) is 22.8 Å². The van der Waals surface area contributed by atoms with E-state index < -0.39 is 17.6 Å². The van der Waals surface area contributed by atoms with Crippen LogP contribution in [0.3, 0.4) is 0 Å². The zero-order chi connectivity index (χ0) is 22.4. The Hall–Kier alpha value is -3.33. The van der Waals surface area contributed by atoms with Gasteiger partial charge < -0.3 is 10.6 Å². The molecule has 1 aromatic heterocycles. The summed E-state index contributed by atoms with van der Waals surface area (Å²) >= 11 is 0.995. The van der Waals surface area contributed by atoms with Gasteiger partial charge in [-0.1, -0.05) is 36.0 Å². The number of nitrogens with one attached hydrogen (secondary N) is 2. The number of aromatic nitrogens is 1. The lowest BCUT2D eigenvalue weighted by molar-refractivity contribution is -0.137. The van der Waals surface area contributed by atoms with E-state index in [0.717, 1.165) is 29.6 Å². The van der Waals surface area contributed by atoms with Gasteiger partial charge in [-0.2, -0.15) is 13.2 Å².